The zero-order chi connectivity index (χ0) is 13.9. The quantitative estimate of drug-likeness (QED) is 0.838. The highest BCUT2D eigenvalue weighted by Crippen LogP contribution is 2.20. The first-order chi connectivity index (χ1) is 8.32. The second kappa shape index (κ2) is 5.77. The van der Waals surface area contributed by atoms with E-state index < -0.39 is 11.9 Å². The average Bonchev–Trinajstić information content (AvgIpc) is 2.30. The number of thiocarbonyl (C=S) groups is 1. The van der Waals surface area contributed by atoms with E-state index in [1.165, 1.54) is 17.0 Å². The minimum atomic E-state index is -0.759. The van der Waals surface area contributed by atoms with Crippen LogP contribution in [0.25, 0.3) is 0 Å². The van der Waals surface area contributed by atoms with Crippen LogP contribution in [0.15, 0.2) is 18.2 Å². The van der Waals surface area contributed by atoms with Crippen molar-refractivity contribution >= 4 is 23.1 Å². The number of hydrogen-bond acceptors (Lipinski definition) is 3. The lowest BCUT2D eigenvalue weighted by Gasteiger charge is -2.18. The molecule has 0 saturated carbocycles. The van der Waals surface area contributed by atoms with Crippen molar-refractivity contribution in [3.8, 4) is 5.75 Å². The number of nitrogens with two attached hydrogens (primary N) is 1. The SMILES string of the molecule is CC(Oc1ccc(C(N)=S)cc1F)C(=O)N(C)C. The van der Waals surface area contributed by atoms with Gasteiger partial charge in [-0.15, -0.1) is 0 Å². The van der Waals surface area contributed by atoms with Crippen LogP contribution < -0.4 is 10.5 Å². The van der Waals surface area contributed by atoms with Crippen LogP contribution in [0, 0.1) is 5.82 Å². The third-order valence-electron chi connectivity index (χ3n) is 2.31. The summed E-state index contributed by atoms with van der Waals surface area (Å²) in [5.74, 6) is -0.843. The van der Waals surface area contributed by atoms with Gasteiger partial charge in [-0.2, -0.15) is 0 Å². The highest BCUT2D eigenvalue weighted by Gasteiger charge is 2.18. The predicted octanol–water partition coefficient (Wildman–Crippen LogP) is 1.32. The minimum absolute atomic E-state index is 0.00213. The summed E-state index contributed by atoms with van der Waals surface area (Å²) in [6, 6.07) is 4.14. The van der Waals surface area contributed by atoms with Crippen molar-refractivity contribution in [2.45, 2.75) is 13.0 Å². The molecule has 1 amide bonds. The van der Waals surface area contributed by atoms with Gasteiger partial charge in [-0.1, -0.05) is 12.2 Å². The number of amides is 1. The Hall–Kier alpha value is -1.69. The van der Waals surface area contributed by atoms with Crippen LogP contribution in [0.2, 0.25) is 0 Å². The summed E-state index contributed by atoms with van der Waals surface area (Å²) in [5.41, 5.74) is 5.80. The molecule has 1 aromatic carbocycles. The molecule has 0 spiro atoms. The van der Waals surface area contributed by atoms with E-state index in [4.69, 9.17) is 22.7 Å². The van der Waals surface area contributed by atoms with Gasteiger partial charge in [0.1, 0.15) is 4.99 Å². The summed E-state index contributed by atoms with van der Waals surface area (Å²) in [6.45, 7) is 1.56. The van der Waals surface area contributed by atoms with E-state index in [1.807, 2.05) is 0 Å². The lowest BCUT2D eigenvalue weighted by Crippen LogP contribution is -2.35. The van der Waals surface area contributed by atoms with Gasteiger partial charge in [0.15, 0.2) is 17.7 Å². The lowest BCUT2D eigenvalue weighted by atomic mass is 10.2. The standard InChI is InChI=1S/C12H15FN2O2S/c1-7(12(16)15(2)3)17-10-5-4-8(11(14)18)6-9(10)13/h4-7H,1-3H3,(H2,14,18). The van der Waals surface area contributed by atoms with Gasteiger partial charge in [-0.3, -0.25) is 4.79 Å². The molecule has 0 heterocycles. The molecule has 98 valence electrons. The molecule has 0 aromatic heterocycles. The number of hydrogen-bond donors (Lipinski definition) is 1. The Labute approximate surface area is 111 Å². The van der Waals surface area contributed by atoms with E-state index in [0.717, 1.165) is 0 Å². The van der Waals surface area contributed by atoms with Crippen LogP contribution in [0.4, 0.5) is 4.39 Å². The largest absolute Gasteiger partial charge is 0.478 e. The monoisotopic (exact) mass is 270 g/mol. The molecular formula is C12H15FN2O2S. The first kappa shape index (κ1) is 14.4. The Kier molecular flexibility index (Phi) is 4.61. The van der Waals surface area contributed by atoms with Crippen molar-refractivity contribution in [2.75, 3.05) is 14.1 Å². The van der Waals surface area contributed by atoms with Crippen molar-refractivity contribution < 1.29 is 13.9 Å². The highest BCUT2D eigenvalue weighted by atomic mass is 32.1. The highest BCUT2D eigenvalue weighted by molar-refractivity contribution is 7.80. The van der Waals surface area contributed by atoms with Gasteiger partial charge >= 0.3 is 0 Å². The number of likely N-dealkylation sites (N-methyl/N-ethyl adjacent to an activating group) is 1. The van der Waals surface area contributed by atoms with Crippen LogP contribution in [0.5, 0.6) is 5.75 Å². The maximum absolute atomic E-state index is 13.7. The van der Waals surface area contributed by atoms with E-state index in [1.54, 1.807) is 27.1 Å². The van der Waals surface area contributed by atoms with Crippen LogP contribution in [0.3, 0.4) is 0 Å². The molecule has 0 aliphatic carbocycles. The summed E-state index contributed by atoms with van der Waals surface area (Å²) in [4.78, 5) is 13.1. The smallest absolute Gasteiger partial charge is 0.262 e. The second-order valence-corrected chi connectivity index (χ2v) is 4.44. The molecule has 0 aliphatic rings. The number of rotatable bonds is 4. The van der Waals surface area contributed by atoms with E-state index in [9.17, 15) is 9.18 Å². The molecule has 1 rings (SSSR count). The Morgan fingerprint density at radius 2 is 2.11 bits per heavy atom. The molecular weight excluding hydrogens is 255 g/mol. The van der Waals surface area contributed by atoms with Gasteiger partial charge in [-0.25, -0.2) is 4.39 Å². The molecule has 0 fully saturated rings. The lowest BCUT2D eigenvalue weighted by molar-refractivity contribution is -0.135. The first-order valence-corrected chi connectivity index (χ1v) is 5.71. The van der Waals surface area contributed by atoms with Crippen LogP contribution >= 0.6 is 12.2 Å². The van der Waals surface area contributed by atoms with E-state index in [-0.39, 0.29) is 16.6 Å². The number of halogens is 1. The van der Waals surface area contributed by atoms with Crippen LogP contribution in [-0.4, -0.2) is 36.0 Å². The number of carbonyl (C=O) groups is 1. The molecule has 1 aromatic rings. The zero-order valence-corrected chi connectivity index (χ0v) is 11.3. The minimum Gasteiger partial charge on any atom is -0.478 e. The molecule has 0 saturated heterocycles. The number of benzene rings is 1. The zero-order valence-electron chi connectivity index (χ0n) is 10.4. The summed E-state index contributed by atoms with van der Waals surface area (Å²) < 4.78 is 18.9. The number of ether oxygens (including phenoxy) is 1. The van der Waals surface area contributed by atoms with Gasteiger partial charge in [0.2, 0.25) is 0 Å². The topological polar surface area (TPSA) is 55.6 Å². The second-order valence-electron chi connectivity index (χ2n) is 4.00. The fourth-order valence-electron chi connectivity index (χ4n) is 1.35. The van der Waals surface area contributed by atoms with Gasteiger partial charge in [0, 0.05) is 19.7 Å². The maximum Gasteiger partial charge on any atom is 0.262 e. The summed E-state index contributed by atoms with van der Waals surface area (Å²) in [6.07, 6.45) is -0.759. The third-order valence-corrected chi connectivity index (χ3v) is 2.54. The number of nitrogens with zero attached hydrogens (tertiary/aromatic N) is 1. The Bertz CT molecular complexity index is 477. The van der Waals surface area contributed by atoms with Gasteiger partial charge in [0.25, 0.3) is 5.91 Å². The normalized spacial score (nSPS) is 11.8. The molecule has 6 heteroatoms. The van der Waals surface area contributed by atoms with Crippen molar-refractivity contribution in [1.29, 1.82) is 0 Å². The summed E-state index contributed by atoms with van der Waals surface area (Å²) in [7, 11) is 3.21. The average molecular weight is 270 g/mol. The first-order valence-electron chi connectivity index (χ1n) is 5.30. The Balaban J connectivity index is 2.86. The molecule has 0 aliphatic heterocycles. The number of carbonyl (C=O) groups excluding carboxylic acids is 1. The molecule has 2 N–H and O–H groups in total. The van der Waals surface area contributed by atoms with Crippen molar-refractivity contribution in [3.63, 3.8) is 0 Å². The molecule has 4 nitrogen and oxygen atoms in total. The molecule has 0 bridgehead atoms. The summed E-state index contributed by atoms with van der Waals surface area (Å²) >= 11 is 4.74. The van der Waals surface area contributed by atoms with Gasteiger partial charge in [-0.05, 0) is 25.1 Å². The van der Waals surface area contributed by atoms with Crippen LogP contribution in [-0.2, 0) is 4.79 Å². The van der Waals surface area contributed by atoms with E-state index in [2.05, 4.69) is 0 Å². The fourth-order valence-corrected chi connectivity index (χ4v) is 1.48. The fraction of sp³-hybridized carbons (Fsp3) is 0.333. The van der Waals surface area contributed by atoms with Crippen molar-refractivity contribution in [1.82, 2.24) is 4.90 Å². The molecule has 18 heavy (non-hydrogen) atoms. The van der Waals surface area contributed by atoms with Crippen molar-refractivity contribution in [2.24, 2.45) is 5.73 Å². The molecule has 1 atom stereocenters. The summed E-state index contributed by atoms with van der Waals surface area (Å²) in [5, 5.41) is 0. The van der Waals surface area contributed by atoms with Crippen molar-refractivity contribution in [3.05, 3.63) is 29.6 Å². The predicted molar refractivity (Wildman–Crippen MR) is 71.1 cm³/mol. The van der Waals surface area contributed by atoms with E-state index >= 15 is 0 Å². The Morgan fingerprint density at radius 3 is 2.56 bits per heavy atom. The molecule has 0 radical (unpaired) electrons. The van der Waals surface area contributed by atoms with Crippen LogP contribution in [0.1, 0.15) is 12.5 Å². The van der Waals surface area contributed by atoms with Gasteiger partial charge in [0.05, 0.1) is 0 Å². The molecule has 1 unspecified atom stereocenters. The van der Waals surface area contributed by atoms with E-state index in [0.29, 0.717) is 5.56 Å². The van der Waals surface area contributed by atoms with Gasteiger partial charge < -0.3 is 15.4 Å². The maximum atomic E-state index is 13.7. The third kappa shape index (κ3) is 3.40. The Morgan fingerprint density at radius 1 is 1.50 bits per heavy atom.